The zero-order valence-electron chi connectivity index (χ0n) is 13.4. The summed E-state index contributed by atoms with van der Waals surface area (Å²) >= 11 is 0. The molecule has 1 rings (SSSR count). The van der Waals surface area contributed by atoms with Crippen molar-refractivity contribution in [3.8, 4) is 0 Å². The lowest BCUT2D eigenvalue weighted by Crippen LogP contribution is -2.42. The summed E-state index contributed by atoms with van der Waals surface area (Å²) in [4.78, 5) is 6.45. The Balaban J connectivity index is 2.64. The molecule has 0 aliphatic rings. The Morgan fingerprint density at radius 3 is 2.24 bits per heavy atom. The average molecular weight is 314 g/mol. The highest BCUT2D eigenvalue weighted by molar-refractivity contribution is 7.89. The van der Waals surface area contributed by atoms with Gasteiger partial charge in [-0.25, -0.2) is 18.1 Å². The predicted octanol–water partition coefficient (Wildman–Crippen LogP) is 1.52. The number of rotatable bonds is 8. The van der Waals surface area contributed by atoms with E-state index in [2.05, 4.69) is 47.6 Å². The molecule has 0 spiro atoms. The van der Waals surface area contributed by atoms with Crippen LogP contribution in [0.3, 0.4) is 0 Å². The van der Waals surface area contributed by atoms with Gasteiger partial charge in [0.15, 0.2) is 0 Å². The molecule has 7 heteroatoms. The molecule has 0 unspecified atom stereocenters. The predicted molar refractivity (Wildman–Crippen MR) is 86.0 cm³/mol. The molecule has 1 aromatic heterocycles. The SMILES string of the molecule is CNc1ccc(S(=O)(=O)NCCN(C(C)C)C(C)C)cn1. The van der Waals surface area contributed by atoms with E-state index in [0.29, 0.717) is 31.0 Å². The number of hydrogen-bond acceptors (Lipinski definition) is 5. The third-order valence-electron chi connectivity index (χ3n) is 3.29. The molecule has 6 nitrogen and oxygen atoms in total. The van der Waals surface area contributed by atoms with Crippen molar-refractivity contribution >= 4 is 15.8 Å². The van der Waals surface area contributed by atoms with Gasteiger partial charge in [-0.1, -0.05) is 0 Å². The minimum absolute atomic E-state index is 0.183. The van der Waals surface area contributed by atoms with Gasteiger partial charge in [0.2, 0.25) is 10.0 Å². The third-order valence-corrected chi connectivity index (χ3v) is 4.74. The maximum absolute atomic E-state index is 12.2. The molecule has 1 aromatic rings. The number of hydrogen-bond donors (Lipinski definition) is 2. The minimum Gasteiger partial charge on any atom is -0.373 e. The topological polar surface area (TPSA) is 74.3 Å². The number of anilines is 1. The van der Waals surface area contributed by atoms with Gasteiger partial charge in [-0.3, -0.25) is 4.90 Å². The van der Waals surface area contributed by atoms with Crippen molar-refractivity contribution in [2.75, 3.05) is 25.5 Å². The fraction of sp³-hybridized carbons (Fsp3) is 0.643. The van der Waals surface area contributed by atoms with Crippen LogP contribution in [0.2, 0.25) is 0 Å². The summed E-state index contributed by atoms with van der Waals surface area (Å²) in [6.07, 6.45) is 1.36. The van der Waals surface area contributed by atoms with E-state index >= 15 is 0 Å². The fourth-order valence-electron chi connectivity index (χ4n) is 2.19. The third kappa shape index (κ3) is 5.26. The highest BCUT2D eigenvalue weighted by Gasteiger charge is 2.17. The summed E-state index contributed by atoms with van der Waals surface area (Å²) in [5, 5.41) is 2.86. The summed E-state index contributed by atoms with van der Waals surface area (Å²) in [6, 6.07) is 3.95. The summed E-state index contributed by atoms with van der Waals surface area (Å²) in [5.74, 6) is 0.639. The van der Waals surface area contributed by atoms with Crippen molar-refractivity contribution in [2.45, 2.75) is 44.7 Å². The Labute approximate surface area is 128 Å². The van der Waals surface area contributed by atoms with Crippen molar-refractivity contribution in [2.24, 2.45) is 0 Å². The van der Waals surface area contributed by atoms with Crippen LogP contribution in [0.4, 0.5) is 5.82 Å². The fourth-order valence-corrected chi connectivity index (χ4v) is 3.16. The summed E-state index contributed by atoms with van der Waals surface area (Å²) in [7, 11) is -1.76. The van der Waals surface area contributed by atoms with Crippen LogP contribution in [-0.4, -0.2) is 50.5 Å². The number of nitrogens with one attached hydrogen (secondary N) is 2. The molecule has 0 saturated heterocycles. The van der Waals surface area contributed by atoms with E-state index in [1.165, 1.54) is 6.20 Å². The first-order valence-electron chi connectivity index (χ1n) is 7.17. The van der Waals surface area contributed by atoms with Gasteiger partial charge in [0, 0.05) is 38.4 Å². The van der Waals surface area contributed by atoms with Crippen LogP contribution in [0.15, 0.2) is 23.2 Å². The Hall–Kier alpha value is -1.18. The lowest BCUT2D eigenvalue weighted by molar-refractivity contribution is 0.179. The second kappa shape index (κ2) is 7.72. The molecule has 0 aromatic carbocycles. The molecule has 0 fully saturated rings. The number of sulfonamides is 1. The van der Waals surface area contributed by atoms with E-state index in [1.807, 2.05) is 0 Å². The van der Waals surface area contributed by atoms with Gasteiger partial charge in [0.05, 0.1) is 0 Å². The Kier molecular flexibility index (Phi) is 6.57. The molecular weight excluding hydrogens is 288 g/mol. The Morgan fingerprint density at radius 2 is 1.81 bits per heavy atom. The van der Waals surface area contributed by atoms with Crippen molar-refractivity contribution in [3.63, 3.8) is 0 Å². The van der Waals surface area contributed by atoms with Crippen molar-refractivity contribution < 1.29 is 8.42 Å². The second-order valence-corrected chi connectivity index (χ2v) is 7.22. The van der Waals surface area contributed by atoms with E-state index < -0.39 is 10.0 Å². The zero-order chi connectivity index (χ0) is 16.0. The maximum Gasteiger partial charge on any atom is 0.242 e. The highest BCUT2D eigenvalue weighted by Crippen LogP contribution is 2.10. The van der Waals surface area contributed by atoms with Crippen LogP contribution < -0.4 is 10.0 Å². The number of pyridine rings is 1. The molecule has 0 saturated carbocycles. The van der Waals surface area contributed by atoms with Crippen LogP contribution in [-0.2, 0) is 10.0 Å². The van der Waals surface area contributed by atoms with Gasteiger partial charge in [-0.2, -0.15) is 0 Å². The Morgan fingerprint density at radius 1 is 1.19 bits per heavy atom. The van der Waals surface area contributed by atoms with Crippen molar-refractivity contribution in [1.82, 2.24) is 14.6 Å². The molecule has 0 atom stereocenters. The normalized spacial score (nSPS) is 12.4. The van der Waals surface area contributed by atoms with E-state index in [-0.39, 0.29) is 4.90 Å². The van der Waals surface area contributed by atoms with E-state index in [1.54, 1.807) is 19.2 Å². The van der Waals surface area contributed by atoms with Crippen LogP contribution in [0.25, 0.3) is 0 Å². The van der Waals surface area contributed by atoms with Gasteiger partial charge >= 0.3 is 0 Å². The first-order chi connectivity index (χ1) is 9.77. The molecule has 0 radical (unpaired) electrons. The maximum atomic E-state index is 12.2. The van der Waals surface area contributed by atoms with Gasteiger partial charge in [-0.15, -0.1) is 0 Å². The summed E-state index contributed by atoms with van der Waals surface area (Å²) in [5.41, 5.74) is 0. The smallest absolute Gasteiger partial charge is 0.242 e. The molecule has 0 amide bonds. The molecule has 120 valence electrons. The molecule has 0 aliphatic carbocycles. The molecule has 0 bridgehead atoms. The first-order valence-corrected chi connectivity index (χ1v) is 8.65. The lowest BCUT2D eigenvalue weighted by atomic mass is 10.2. The van der Waals surface area contributed by atoms with Gasteiger partial charge in [0.1, 0.15) is 10.7 Å². The monoisotopic (exact) mass is 314 g/mol. The van der Waals surface area contributed by atoms with E-state index in [4.69, 9.17) is 0 Å². The highest BCUT2D eigenvalue weighted by atomic mass is 32.2. The van der Waals surface area contributed by atoms with Crippen molar-refractivity contribution in [1.29, 1.82) is 0 Å². The van der Waals surface area contributed by atoms with Crippen LogP contribution in [0, 0.1) is 0 Å². The lowest BCUT2D eigenvalue weighted by Gasteiger charge is -2.30. The largest absolute Gasteiger partial charge is 0.373 e. The molecule has 2 N–H and O–H groups in total. The quantitative estimate of drug-likeness (QED) is 0.761. The summed E-state index contributed by atoms with van der Waals surface area (Å²) < 4.78 is 26.9. The van der Waals surface area contributed by atoms with Crippen molar-refractivity contribution in [3.05, 3.63) is 18.3 Å². The van der Waals surface area contributed by atoms with Crippen LogP contribution in [0.1, 0.15) is 27.7 Å². The average Bonchev–Trinajstić information content (AvgIpc) is 2.42. The van der Waals surface area contributed by atoms with Gasteiger partial charge < -0.3 is 5.32 Å². The number of aromatic nitrogens is 1. The zero-order valence-corrected chi connectivity index (χ0v) is 14.2. The van der Waals surface area contributed by atoms with Crippen LogP contribution in [0.5, 0.6) is 0 Å². The standard InChI is InChI=1S/C14H26N4O2S/c1-11(2)18(12(3)4)9-8-17-21(19,20)13-6-7-14(15-5)16-10-13/h6-7,10-12,17H,8-9H2,1-5H3,(H,15,16). The Bertz CT molecular complexity index is 518. The minimum atomic E-state index is -3.50. The van der Waals surface area contributed by atoms with Crippen LogP contribution >= 0.6 is 0 Å². The van der Waals surface area contributed by atoms with E-state index in [0.717, 1.165) is 0 Å². The van der Waals surface area contributed by atoms with Gasteiger partial charge in [-0.05, 0) is 39.8 Å². The molecule has 1 heterocycles. The molecular formula is C14H26N4O2S. The second-order valence-electron chi connectivity index (χ2n) is 5.45. The number of nitrogens with zero attached hydrogens (tertiary/aromatic N) is 2. The van der Waals surface area contributed by atoms with Gasteiger partial charge in [0.25, 0.3) is 0 Å². The summed E-state index contributed by atoms with van der Waals surface area (Å²) in [6.45, 7) is 9.48. The first kappa shape index (κ1) is 17.9. The molecule has 0 aliphatic heterocycles. The molecule has 21 heavy (non-hydrogen) atoms. The van der Waals surface area contributed by atoms with E-state index in [9.17, 15) is 8.42 Å².